The summed E-state index contributed by atoms with van der Waals surface area (Å²) in [5, 5.41) is 2.73. The third kappa shape index (κ3) is 32.6. The summed E-state index contributed by atoms with van der Waals surface area (Å²) >= 11 is 0. The van der Waals surface area contributed by atoms with E-state index in [2.05, 4.69) is 29.1 Å². The van der Waals surface area contributed by atoms with Crippen molar-refractivity contribution in [2.45, 2.75) is 251 Å². The molecule has 0 unspecified atom stereocenters. The molecule has 1 amide bonds. The Morgan fingerprint density at radius 1 is 0.589 bits per heavy atom. The molecule has 0 radical (unpaired) electrons. The van der Waals surface area contributed by atoms with Gasteiger partial charge in [-0.25, -0.2) is 9.78 Å². The molecule has 1 rings (SSSR count). The van der Waals surface area contributed by atoms with Crippen molar-refractivity contribution in [1.29, 1.82) is 0 Å². The van der Waals surface area contributed by atoms with Gasteiger partial charge >= 0.3 is 11.9 Å². The number of carbonyl (C=O) groups excluding carboxylic acids is 3. The smallest absolute Gasteiger partial charge is 0.328 e. The van der Waals surface area contributed by atoms with Gasteiger partial charge in [0.1, 0.15) is 11.9 Å². The zero-order chi connectivity index (χ0) is 40.6. The molecular formula is C47H88N4O5. The average molecular weight is 789 g/mol. The van der Waals surface area contributed by atoms with Gasteiger partial charge in [-0.3, -0.25) is 9.59 Å². The van der Waals surface area contributed by atoms with Crippen molar-refractivity contribution in [1.82, 2.24) is 15.3 Å². The third-order valence-corrected chi connectivity index (χ3v) is 11.0. The quantitative estimate of drug-likeness (QED) is 0.0443. The lowest BCUT2D eigenvalue weighted by Crippen LogP contribution is -2.50. The van der Waals surface area contributed by atoms with E-state index in [4.69, 9.17) is 15.2 Å². The van der Waals surface area contributed by atoms with E-state index in [9.17, 15) is 14.4 Å². The van der Waals surface area contributed by atoms with Crippen LogP contribution in [-0.4, -0.2) is 53.1 Å². The number of rotatable bonds is 42. The van der Waals surface area contributed by atoms with Crippen molar-refractivity contribution in [3.8, 4) is 0 Å². The van der Waals surface area contributed by atoms with Crippen LogP contribution in [0.5, 0.6) is 0 Å². The van der Waals surface area contributed by atoms with Gasteiger partial charge in [0, 0.05) is 25.2 Å². The molecule has 0 bridgehead atoms. The van der Waals surface area contributed by atoms with Gasteiger partial charge in [0.15, 0.2) is 0 Å². The summed E-state index contributed by atoms with van der Waals surface area (Å²) in [6.45, 7) is 5.22. The maximum Gasteiger partial charge on any atom is 0.328 e. The Balaban J connectivity index is 2.20. The molecule has 0 aliphatic carbocycles. The number of unbranched alkanes of at least 4 members (excludes halogenated alkanes) is 30. The number of carbonyl (C=O) groups is 3. The Hall–Kier alpha value is -2.42. The zero-order valence-electron chi connectivity index (χ0n) is 36.5. The lowest BCUT2D eigenvalue weighted by atomic mass is 10.0. The van der Waals surface area contributed by atoms with Crippen LogP contribution in [0, 0.1) is 0 Å². The highest BCUT2D eigenvalue weighted by Crippen LogP contribution is 2.16. The Bertz CT molecular complexity index is 1020. The first-order valence-electron chi connectivity index (χ1n) is 23.8. The van der Waals surface area contributed by atoms with E-state index in [1.165, 1.54) is 167 Å². The highest BCUT2D eigenvalue weighted by molar-refractivity contribution is 5.87. The number of nitrogens with one attached hydrogen (secondary N) is 2. The minimum absolute atomic E-state index is 0.0192. The van der Waals surface area contributed by atoms with Gasteiger partial charge in [-0.2, -0.15) is 0 Å². The number of ether oxygens (including phenoxy) is 2. The van der Waals surface area contributed by atoms with Crippen LogP contribution in [0.2, 0.25) is 0 Å². The van der Waals surface area contributed by atoms with Gasteiger partial charge in [0.2, 0.25) is 5.91 Å². The van der Waals surface area contributed by atoms with E-state index in [0.717, 1.165) is 38.5 Å². The largest absolute Gasteiger partial charge is 0.466 e. The van der Waals surface area contributed by atoms with E-state index < -0.39 is 24.0 Å². The van der Waals surface area contributed by atoms with Crippen molar-refractivity contribution >= 4 is 17.8 Å². The molecule has 56 heavy (non-hydrogen) atoms. The lowest BCUT2D eigenvalue weighted by Gasteiger charge is -2.19. The van der Waals surface area contributed by atoms with Gasteiger partial charge in [-0.15, -0.1) is 0 Å². The molecule has 0 fully saturated rings. The molecule has 0 aromatic carbocycles. The van der Waals surface area contributed by atoms with Gasteiger partial charge in [0.05, 0.1) is 19.3 Å². The molecule has 0 saturated carbocycles. The molecule has 4 N–H and O–H groups in total. The molecule has 0 saturated heterocycles. The van der Waals surface area contributed by atoms with Crippen LogP contribution in [0.1, 0.15) is 238 Å². The van der Waals surface area contributed by atoms with Gasteiger partial charge in [-0.05, 0) is 19.3 Å². The maximum atomic E-state index is 13.1. The normalized spacial score (nSPS) is 12.4. The predicted molar refractivity (Wildman–Crippen MR) is 232 cm³/mol. The predicted octanol–water partition coefficient (Wildman–Crippen LogP) is 12.2. The monoisotopic (exact) mass is 789 g/mol. The molecule has 0 spiro atoms. The van der Waals surface area contributed by atoms with E-state index >= 15 is 0 Å². The van der Waals surface area contributed by atoms with Gasteiger partial charge in [-0.1, -0.05) is 206 Å². The molecule has 2 atom stereocenters. The second-order valence-corrected chi connectivity index (χ2v) is 16.4. The van der Waals surface area contributed by atoms with E-state index in [0.29, 0.717) is 19.0 Å². The minimum Gasteiger partial charge on any atom is -0.466 e. The lowest BCUT2D eigenvalue weighted by molar-refractivity contribution is -0.149. The fraction of sp³-hybridized carbons (Fsp3) is 0.872. The van der Waals surface area contributed by atoms with Crippen molar-refractivity contribution in [3.63, 3.8) is 0 Å². The Morgan fingerprint density at radius 3 is 1.34 bits per heavy atom. The van der Waals surface area contributed by atoms with Crippen molar-refractivity contribution in [3.05, 3.63) is 18.2 Å². The molecular weight excluding hydrogens is 701 g/mol. The molecule has 0 aliphatic rings. The highest BCUT2D eigenvalue weighted by atomic mass is 16.5. The Kier molecular flexibility index (Phi) is 36.3. The maximum absolute atomic E-state index is 13.1. The van der Waals surface area contributed by atoms with Crippen LogP contribution in [0.25, 0.3) is 0 Å². The van der Waals surface area contributed by atoms with Crippen LogP contribution in [0.3, 0.4) is 0 Å². The fourth-order valence-electron chi connectivity index (χ4n) is 7.33. The third-order valence-electron chi connectivity index (χ3n) is 11.0. The summed E-state index contributed by atoms with van der Waals surface area (Å²) in [7, 11) is 0. The first-order valence-corrected chi connectivity index (χ1v) is 23.8. The molecule has 9 heteroatoms. The number of hydrogen-bond donors (Lipinski definition) is 3. The van der Waals surface area contributed by atoms with Crippen LogP contribution in [-0.2, 0) is 30.3 Å². The Labute approximate surface area is 344 Å². The average Bonchev–Trinajstić information content (AvgIpc) is 3.71. The van der Waals surface area contributed by atoms with Crippen LogP contribution >= 0.6 is 0 Å². The molecule has 326 valence electrons. The second-order valence-electron chi connectivity index (χ2n) is 16.4. The summed E-state index contributed by atoms with van der Waals surface area (Å²) in [5.74, 6) is -0.786. The topological polar surface area (TPSA) is 136 Å². The second kappa shape index (κ2) is 39.4. The standard InChI is InChI=1S/C47H88N4O5/c1-3-5-7-9-11-13-15-17-19-21-23-25-27-29-31-33-39-55-45(52)36-35-43(51-46(53)42(48)41-44-49-37-38-50-44)47(54)56-40-34-32-30-28-26-24-22-20-18-16-14-12-10-8-6-4-2/h37-38,42-43H,3-36,39-41,48H2,1-2H3,(H,49,50)(H,51,53)/t42-,43+/m0/s1. The summed E-state index contributed by atoms with van der Waals surface area (Å²) in [6, 6.07) is -1.85. The van der Waals surface area contributed by atoms with Gasteiger partial charge in [0.25, 0.3) is 0 Å². The van der Waals surface area contributed by atoms with Gasteiger partial charge < -0.3 is 25.5 Å². The van der Waals surface area contributed by atoms with E-state index in [1.807, 2.05) is 0 Å². The summed E-state index contributed by atoms with van der Waals surface area (Å²) in [5.41, 5.74) is 6.12. The number of aromatic nitrogens is 2. The van der Waals surface area contributed by atoms with Crippen molar-refractivity contribution in [2.75, 3.05) is 13.2 Å². The number of imidazole rings is 1. The number of hydrogen-bond acceptors (Lipinski definition) is 7. The molecule has 1 aromatic rings. The molecule has 0 aliphatic heterocycles. The van der Waals surface area contributed by atoms with Crippen LogP contribution in [0.4, 0.5) is 0 Å². The SMILES string of the molecule is CCCCCCCCCCCCCCCCCCOC(=O)CC[C@@H](NC(=O)[C@@H](N)Cc1ncc[nH]1)C(=O)OCCCCCCCCCCCCCCCCCC. The first-order chi connectivity index (χ1) is 27.5. The van der Waals surface area contributed by atoms with Crippen LogP contribution < -0.4 is 11.1 Å². The van der Waals surface area contributed by atoms with Crippen LogP contribution in [0.15, 0.2) is 12.4 Å². The van der Waals surface area contributed by atoms with E-state index in [1.54, 1.807) is 12.4 Å². The first kappa shape index (κ1) is 51.6. The van der Waals surface area contributed by atoms with E-state index in [-0.39, 0.29) is 25.2 Å². The molecule has 1 heterocycles. The zero-order valence-corrected chi connectivity index (χ0v) is 36.5. The minimum atomic E-state index is -0.964. The number of H-pyrrole nitrogens is 1. The highest BCUT2D eigenvalue weighted by Gasteiger charge is 2.26. The summed E-state index contributed by atoms with van der Waals surface area (Å²) in [6.07, 6.45) is 44.7. The Morgan fingerprint density at radius 2 is 0.964 bits per heavy atom. The number of nitrogens with zero attached hydrogens (tertiary/aromatic N) is 1. The number of esters is 2. The number of aromatic amines is 1. The molecule has 1 aromatic heterocycles. The fourth-order valence-corrected chi connectivity index (χ4v) is 7.33. The summed E-state index contributed by atoms with van der Waals surface area (Å²) < 4.78 is 11.0. The summed E-state index contributed by atoms with van der Waals surface area (Å²) in [4.78, 5) is 45.6. The van der Waals surface area contributed by atoms with Crippen molar-refractivity contribution in [2.24, 2.45) is 5.73 Å². The molecule has 9 nitrogen and oxygen atoms in total. The van der Waals surface area contributed by atoms with Crippen molar-refractivity contribution < 1.29 is 23.9 Å². The number of amides is 1. The number of nitrogens with two attached hydrogens (primary N) is 1.